The second-order valence-electron chi connectivity index (χ2n) is 2.38. The Morgan fingerprint density at radius 1 is 1.69 bits per heavy atom. The van der Waals surface area contributed by atoms with Gasteiger partial charge in [0.05, 0.1) is 10.7 Å². The molecule has 1 heterocycles. The van der Waals surface area contributed by atoms with E-state index in [2.05, 4.69) is 10.1 Å². The van der Waals surface area contributed by atoms with Gasteiger partial charge in [-0.3, -0.25) is 9.48 Å². The van der Waals surface area contributed by atoms with Crippen LogP contribution in [0.2, 0.25) is 5.02 Å². The number of rotatable bonds is 1. The predicted octanol–water partition coefficient (Wildman–Crippen LogP) is 0.858. The molecule has 0 bridgehead atoms. The van der Waals surface area contributed by atoms with Crippen LogP contribution in [-0.4, -0.2) is 21.8 Å². The normalized spacial score (nSPS) is 9.46. The summed E-state index contributed by atoms with van der Waals surface area (Å²) in [6, 6.07) is 0. The van der Waals surface area contributed by atoms with E-state index >= 15 is 0 Å². The predicted molar refractivity (Wildman–Crippen MR) is 45.4 cm³/mol. The van der Waals surface area contributed by atoms with Gasteiger partial charge in [0.15, 0.2) is 0 Å². The molecule has 0 aliphatic carbocycles. The maximum Gasteiger partial charge on any atom is 0.307 e. The van der Waals surface area contributed by atoms with Gasteiger partial charge in [-0.1, -0.05) is 11.6 Å². The van der Waals surface area contributed by atoms with Gasteiger partial charge in [0.2, 0.25) is 6.08 Å². The third-order valence-electron chi connectivity index (χ3n) is 1.50. The summed E-state index contributed by atoms with van der Waals surface area (Å²) in [5.74, 6) is -0.733. The molecule has 0 fully saturated rings. The van der Waals surface area contributed by atoms with Crippen molar-refractivity contribution in [2.24, 2.45) is 12.0 Å². The molecule has 0 aliphatic heterocycles. The number of hydrogen-bond acceptors (Lipinski definition) is 3. The van der Waals surface area contributed by atoms with Gasteiger partial charge in [-0.2, -0.15) is 5.10 Å². The third-order valence-corrected chi connectivity index (χ3v) is 1.95. The zero-order valence-corrected chi connectivity index (χ0v) is 7.79. The molecule has 0 saturated heterocycles. The second-order valence-corrected chi connectivity index (χ2v) is 2.76. The summed E-state index contributed by atoms with van der Waals surface area (Å²) in [5.41, 5.74) is 0.621. The van der Waals surface area contributed by atoms with Crippen LogP contribution in [0.1, 0.15) is 16.2 Å². The quantitative estimate of drug-likeness (QED) is 0.498. The van der Waals surface area contributed by atoms with Crippen LogP contribution < -0.4 is 0 Å². The van der Waals surface area contributed by atoms with E-state index in [1.165, 1.54) is 4.68 Å². The van der Waals surface area contributed by atoms with E-state index in [1.54, 1.807) is 14.0 Å². The first kappa shape index (κ1) is 9.64. The maximum atomic E-state index is 11.1. The van der Waals surface area contributed by atoms with Crippen molar-refractivity contribution in [3.05, 3.63) is 16.4 Å². The van der Waals surface area contributed by atoms with Gasteiger partial charge < -0.3 is 0 Å². The lowest BCUT2D eigenvalue weighted by atomic mass is 10.3. The lowest BCUT2D eigenvalue weighted by Gasteiger charge is -1.93. The number of carbonyl (C=O) groups is 1. The van der Waals surface area contributed by atoms with Crippen LogP contribution in [0.25, 0.3) is 0 Å². The molecule has 6 heteroatoms. The van der Waals surface area contributed by atoms with Crippen LogP contribution in [0.5, 0.6) is 0 Å². The minimum atomic E-state index is -0.733. The van der Waals surface area contributed by atoms with Crippen molar-refractivity contribution in [1.29, 1.82) is 0 Å². The molecule has 1 amide bonds. The Balaban J connectivity index is 3.28. The van der Waals surface area contributed by atoms with Crippen LogP contribution in [0.4, 0.5) is 0 Å². The third kappa shape index (κ3) is 1.66. The fourth-order valence-electron chi connectivity index (χ4n) is 0.959. The molecule has 0 aromatic carbocycles. The number of isocyanates is 1. The molecular weight excluding hydrogens is 194 g/mol. The zero-order valence-electron chi connectivity index (χ0n) is 7.04. The Kier molecular flexibility index (Phi) is 2.60. The average Bonchev–Trinajstić information content (AvgIpc) is 2.27. The largest absolute Gasteiger partial charge is 0.307 e. The number of nitrogens with zero attached hydrogens (tertiary/aromatic N) is 3. The number of hydrogen-bond donors (Lipinski definition) is 0. The van der Waals surface area contributed by atoms with E-state index in [0.29, 0.717) is 5.69 Å². The van der Waals surface area contributed by atoms with E-state index in [1.807, 2.05) is 0 Å². The standard InChI is InChI=1S/C7H6ClN3O2/c1-4-5(8)6(11(2)10-4)7(13)9-3-12/h1-2H3. The Bertz CT molecular complexity index is 404. The highest BCUT2D eigenvalue weighted by atomic mass is 35.5. The molecule has 1 aromatic heterocycles. The van der Waals surface area contributed by atoms with Crippen molar-refractivity contribution in [1.82, 2.24) is 9.78 Å². The van der Waals surface area contributed by atoms with E-state index < -0.39 is 5.91 Å². The van der Waals surface area contributed by atoms with Crippen molar-refractivity contribution in [3.63, 3.8) is 0 Å². The molecule has 1 rings (SSSR count). The Morgan fingerprint density at radius 2 is 2.31 bits per heavy atom. The summed E-state index contributed by atoms with van der Waals surface area (Å²) in [6.07, 6.45) is 1.16. The summed E-state index contributed by atoms with van der Waals surface area (Å²) in [5, 5.41) is 4.10. The van der Waals surface area contributed by atoms with E-state index in [9.17, 15) is 9.59 Å². The van der Waals surface area contributed by atoms with Crippen LogP contribution in [-0.2, 0) is 11.8 Å². The minimum absolute atomic E-state index is 0.0996. The van der Waals surface area contributed by atoms with Crippen LogP contribution in [0.3, 0.4) is 0 Å². The van der Waals surface area contributed by atoms with Gasteiger partial charge in [-0.25, -0.2) is 4.79 Å². The number of aryl methyl sites for hydroxylation is 2. The van der Waals surface area contributed by atoms with Crippen LogP contribution in [0.15, 0.2) is 4.99 Å². The Morgan fingerprint density at radius 3 is 2.69 bits per heavy atom. The Hall–Kier alpha value is -1.45. The fraction of sp³-hybridized carbons (Fsp3) is 0.286. The van der Waals surface area contributed by atoms with E-state index in [4.69, 9.17) is 11.6 Å². The molecule has 0 spiro atoms. The lowest BCUT2D eigenvalue weighted by molar-refractivity contribution is 0.0994. The van der Waals surface area contributed by atoms with Crippen LogP contribution in [0, 0.1) is 6.92 Å². The van der Waals surface area contributed by atoms with Crippen molar-refractivity contribution < 1.29 is 9.59 Å². The molecule has 1 aromatic rings. The fourth-order valence-corrected chi connectivity index (χ4v) is 1.20. The molecular formula is C7H6ClN3O2. The van der Waals surface area contributed by atoms with Gasteiger partial charge in [0.25, 0.3) is 0 Å². The summed E-state index contributed by atoms with van der Waals surface area (Å²) in [7, 11) is 1.55. The average molecular weight is 200 g/mol. The first-order valence-corrected chi connectivity index (χ1v) is 3.77. The molecule has 0 N–H and O–H groups in total. The Labute approximate surface area is 79.0 Å². The minimum Gasteiger partial charge on any atom is -0.264 e. The van der Waals surface area contributed by atoms with Gasteiger partial charge in [-0.15, -0.1) is 4.99 Å². The number of aliphatic imine (C=N–C) groups is 1. The molecule has 0 atom stereocenters. The molecule has 0 saturated carbocycles. The molecule has 0 aliphatic rings. The van der Waals surface area contributed by atoms with Crippen molar-refractivity contribution >= 4 is 23.6 Å². The monoisotopic (exact) mass is 199 g/mol. The summed E-state index contributed by atoms with van der Waals surface area (Å²) in [6.45, 7) is 1.66. The zero-order chi connectivity index (χ0) is 10.0. The van der Waals surface area contributed by atoms with Crippen molar-refractivity contribution in [3.8, 4) is 0 Å². The van der Waals surface area contributed by atoms with Gasteiger partial charge in [0.1, 0.15) is 5.69 Å². The summed E-state index contributed by atoms with van der Waals surface area (Å²) < 4.78 is 1.28. The smallest absolute Gasteiger partial charge is 0.264 e. The number of aromatic nitrogens is 2. The van der Waals surface area contributed by atoms with Gasteiger partial charge in [0, 0.05) is 7.05 Å². The molecule has 68 valence electrons. The molecule has 0 radical (unpaired) electrons. The summed E-state index contributed by atoms with van der Waals surface area (Å²) >= 11 is 5.75. The lowest BCUT2D eigenvalue weighted by Crippen LogP contribution is -2.04. The first-order valence-electron chi connectivity index (χ1n) is 3.39. The number of carbonyl (C=O) groups excluding carboxylic acids is 2. The molecule has 13 heavy (non-hydrogen) atoms. The van der Waals surface area contributed by atoms with Crippen LogP contribution >= 0.6 is 11.6 Å². The highest BCUT2D eigenvalue weighted by molar-refractivity contribution is 6.34. The second kappa shape index (κ2) is 3.51. The highest BCUT2D eigenvalue weighted by Crippen LogP contribution is 2.19. The first-order chi connectivity index (χ1) is 6.07. The number of halogens is 1. The molecule has 5 nitrogen and oxygen atoms in total. The van der Waals surface area contributed by atoms with Gasteiger partial charge in [-0.05, 0) is 6.92 Å². The van der Waals surface area contributed by atoms with E-state index in [0.717, 1.165) is 6.08 Å². The van der Waals surface area contributed by atoms with Crippen molar-refractivity contribution in [2.45, 2.75) is 6.92 Å². The van der Waals surface area contributed by atoms with Crippen molar-refractivity contribution in [2.75, 3.05) is 0 Å². The SMILES string of the molecule is Cc1nn(C)c(C(=O)N=C=O)c1Cl. The highest BCUT2D eigenvalue weighted by Gasteiger charge is 2.17. The van der Waals surface area contributed by atoms with E-state index in [-0.39, 0.29) is 10.7 Å². The van der Waals surface area contributed by atoms with Gasteiger partial charge >= 0.3 is 5.91 Å². The number of amides is 1. The molecule has 0 unspecified atom stereocenters. The maximum absolute atomic E-state index is 11.1. The summed E-state index contributed by atoms with van der Waals surface area (Å²) in [4.78, 5) is 23.9. The topological polar surface area (TPSA) is 64.3 Å².